The number of benzene rings is 3. The molecule has 0 bridgehead atoms. The number of allylic oxidation sites excluding steroid dienone is 3. The molecule has 4 aliphatic rings. The van der Waals surface area contributed by atoms with E-state index >= 15 is 0 Å². The van der Waals surface area contributed by atoms with Gasteiger partial charge in [0.1, 0.15) is 12.4 Å². The second-order valence-corrected chi connectivity index (χ2v) is 8.65. The van der Waals surface area contributed by atoms with Crippen molar-refractivity contribution in [1.82, 2.24) is 0 Å². The second kappa shape index (κ2) is 6.09. The van der Waals surface area contributed by atoms with E-state index in [1.807, 2.05) is 0 Å². The molecular weight excluding hydrogens is 364 g/mol. The third-order valence-electron chi connectivity index (χ3n) is 7.13. The smallest absolute Gasteiger partial charge is 0.128 e. The topological polar surface area (TPSA) is 9.23 Å². The molecule has 0 amide bonds. The third-order valence-corrected chi connectivity index (χ3v) is 7.13. The molecule has 0 aromatic heterocycles. The average molecular weight is 386 g/mol. The van der Waals surface area contributed by atoms with Crippen LogP contribution < -0.4 is 4.74 Å². The summed E-state index contributed by atoms with van der Waals surface area (Å²) in [5, 5.41) is 0. The number of rotatable bonds is 1. The summed E-state index contributed by atoms with van der Waals surface area (Å²) in [5.74, 6) is 1.03. The van der Waals surface area contributed by atoms with Crippen LogP contribution in [0.3, 0.4) is 0 Å². The maximum Gasteiger partial charge on any atom is 0.128 e. The van der Waals surface area contributed by atoms with Gasteiger partial charge in [-0.25, -0.2) is 0 Å². The van der Waals surface area contributed by atoms with Crippen LogP contribution in [0.5, 0.6) is 5.75 Å². The van der Waals surface area contributed by atoms with Crippen molar-refractivity contribution in [2.75, 3.05) is 6.61 Å². The molecule has 3 aromatic rings. The first-order chi connectivity index (χ1) is 14.9. The summed E-state index contributed by atoms with van der Waals surface area (Å²) in [6.45, 7) is 0.673. The lowest BCUT2D eigenvalue weighted by Crippen LogP contribution is -2.05. The molecule has 1 nitrogen and oxygen atoms in total. The summed E-state index contributed by atoms with van der Waals surface area (Å²) in [6.07, 6.45) is 4.91. The fourth-order valence-electron chi connectivity index (χ4n) is 5.94. The maximum absolute atomic E-state index is 6.49. The van der Waals surface area contributed by atoms with E-state index in [9.17, 15) is 0 Å². The summed E-state index contributed by atoms with van der Waals surface area (Å²) < 4.78 is 6.49. The van der Waals surface area contributed by atoms with Crippen molar-refractivity contribution in [3.63, 3.8) is 0 Å². The molecule has 1 aliphatic heterocycles. The number of fused-ring (bicyclic) bond motifs is 5. The van der Waals surface area contributed by atoms with E-state index in [4.69, 9.17) is 4.74 Å². The molecule has 1 fully saturated rings. The summed E-state index contributed by atoms with van der Waals surface area (Å²) >= 11 is 0. The van der Waals surface area contributed by atoms with Gasteiger partial charge in [0.25, 0.3) is 0 Å². The Bertz CT molecular complexity index is 1320. The van der Waals surface area contributed by atoms with Crippen LogP contribution in [0.1, 0.15) is 42.4 Å². The molecule has 7 rings (SSSR count). The Balaban J connectivity index is 1.65. The van der Waals surface area contributed by atoms with Crippen LogP contribution in [-0.4, -0.2) is 6.61 Å². The van der Waals surface area contributed by atoms with Gasteiger partial charge in [-0.2, -0.15) is 0 Å². The normalized spacial score (nSPS) is 18.5. The zero-order valence-corrected chi connectivity index (χ0v) is 16.9. The minimum atomic E-state index is 0.673. The van der Waals surface area contributed by atoms with Crippen molar-refractivity contribution >= 4 is 11.1 Å². The van der Waals surface area contributed by atoms with E-state index < -0.39 is 0 Å². The van der Waals surface area contributed by atoms with Gasteiger partial charge in [-0.15, -0.1) is 0 Å². The van der Waals surface area contributed by atoms with E-state index in [2.05, 4.69) is 72.8 Å². The van der Waals surface area contributed by atoms with Crippen LogP contribution >= 0.6 is 0 Å². The molecule has 3 aliphatic carbocycles. The number of hydrogen-bond acceptors (Lipinski definition) is 1. The monoisotopic (exact) mass is 386 g/mol. The first kappa shape index (κ1) is 16.5. The Labute approximate surface area is 177 Å². The van der Waals surface area contributed by atoms with Crippen molar-refractivity contribution < 1.29 is 4.74 Å². The third kappa shape index (κ3) is 2.07. The molecular formula is C29H22O. The molecule has 0 atom stereocenters. The van der Waals surface area contributed by atoms with Crippen molar-refractivity contribution in [3.8, 4) is 16.9 Å². The van der Waals surface area contributed by atoms with Crippen molar-refractivity contribution in [2.45, 2.75) is 25.7 Å². The molecule has 30 heavy (non-hydrogen) atoms. The Hall–Kier alpha value is -3.32. The van der Waals surface area contributed by atoms with E-state index in [1.165, 1.54) is 75.8 Å². The lowest BCUT2D eigenvalue weighted by atomic mass is 9.86. The van der Waals surface area contributed by atoms with E-state index in [0.29, 0.717) is 6.61 Å². The summed E-state index contributed by atoms with van der Waals surface area (Å²) in [5.41, 5.74) is 15.5. The van der Waals surface area contributed by atoms with E-state index in [-0.39, 0.29) is 0 Å². The highest BCUT2D eigenvalue weighted by Gasteiger charge is 2.39. The van der Waals surface area contributed by atoms with Crippen LogP contribution in [-0.2, 0) is 0 Å². The molecule has 0 radical (unpaired) electrons. The first-order valence-electron chi connectivity index (χ1n) is 11.0. The van der Waals surface area contributed by atoms with E-state index in [1.54, 1.807) is 11.1 Å². The molecule has 3 aromatic carbocycles. The van der Waals surface area contributed by atoms with Gasteiger partial charge >= 0.3 is 0 Å². The first-order valence-corrected chi connectivity index (χ1v) is 11.0. The minimum Gasteiger partial charge on any atom is -0.488 e. The second-order valence-electron chi connectivity index (χ2n) is 8.65. The molecule has 144 valence electrons. The van der Waals surface area contributed by atoms with Crippen LogP contribution in [0.15, 0.2) is 95.1 Å². The fraction of sp³-hybridized carbons (Fsp3) is 0.172. The zero-order chi connectivity index (χ0) is 19.7. The van der Waals surface area contributed by atoms with Gasteiger partial charge in [0.15, 0.2) is 0 Å². The van der Waals surface area contributed by atoms with Crippen molar-refractivity contribution in [2.24, 2.45) is 0 Å². The Morgan fingerprint density at radius 1 is 0.533 bits per heavy atom. The van der Waals surface area contributed by atoms with Gasteiger partial charge in [0.05, 0.1) is 0 Å². The van der Waals surface area contributed by atoms with Gasteiger partial charge in [-0.3, -0.25) is 0 Å². The van der Waals surface area contributed by atoms with Gasteiger partial charge in [-0.05, 0) is 76.3 Å². The Kier molecular flexibility index (Phi) is 3.34. The lowest BCUT2D eigenvalue weighted by Gasteiger charge is -2.18. The predicted octanol–water partition coefficient (Wildman–Crippen LogP) is 7.20. The highest BCUT2D eigenvalue weighted by atomic mass is 16.5. The summed E-state index contributed by atoms with van der Waals surface area (Å²) in [7, 11) is 0. The average Bonchev–Trinajstić information content (AvgIpc) is 3.24. The Morgan fingerprint density at radius 2 is 1.27 bits per heavy atom. The van der Waals surface area contributed by atoms with Crippen LogP contribution in [0.4, 0.5) is 0 Å². The molecule has 0 unspecified atom stereocenters. The quantitative estimate of drug-likeness (QED) is 0.336. The van der Waals surface area contributed by atoms with Gasteiger partial charge in [0, 0.05) is 16.7 Å². The SMILES string of the molecule is c1ccc(C2=C3CCCCC3=C3COc4cccc5c4C(=C32)c2ccccc2-5)cc1. The molecule has 0 N–H and O–H groups in total. The predicted molar refractivity (Wildman–Crippen MR) is 122 cm³/mol. The van der Waals surface area contributed by atoms with Gasteiger partial charge in [0.2, 0.25) is 0 Å². The van der Waals surface area contributed by atoms with E-state index in [0.717, 1.165) is 5.75 Å². The van der Waals surface area contributed by atoms with Gasteiger partial charge in [-0.1, -0.05) is 66.7 Å². The van der Waals surface area contributed by atoms with Crippen molar-refractivity contribution in [3.05, 3.63) is 112 Å². The molecule has 1 heteroatoms. The van der Waals surface area contributed by atoms with Crippen molar-refractivity contribution in [1.29, 1.82) is 0 Å². The van der Waals surface area contributed by atoms with Crippen LogP contribution in [0.2, 0.25) is 0 Å². The minimum absolute atomic E-state index is 0.673. The zero-order valence-electron chi connectivity index (χ0n) is 16.9. The van der Waals surface area contributed by atoms with Crippen LogP contribution in [0, 0.1) is 0 Å². The number of hydrogen-bond donors (Lipinski definition) is 0. The highest BCUT2D eigenvalue weighted by Crippen LogP contribution is 2.58. The molecule has 0 saturated heterocycles. The standard InChI is InChI=1S/C29H22O/c1-2-9-18(10-3-1)26-21-13-6-5-12-20(21)24-17-30-25-16-8-15-22-19-11-4-7-14-23(19)28(27(22)25)29(24)26/h1-4,7-11,14-16H,5-6,12-13,17H2. The largest absolute Gasteiger partial charge is 0.488 e. The molecule has 1 saturated carbocycles. The van der Waals surface area contributed by atoms with Gasteiger partial charge < -0.3 is 4.74 Å². The molecule has 0 spiro atoms. The lowest BCUT2D eigenvalue weighted by molar-refractivity contribution is 0.354. The summed E-state index contributed by atoms with van der Waals surface area (Å²) in [6, 6.07) is 26.4. The number of ether oxygens (including phenoxy) is 1. The highest BCUT2D eigenvalue weighted by molar-refractivity contribution is 6.12. The Morgan fingerprint density at radius 3 is 2.13 bits per heavy atom. The molecule has 1 heterocycles. The van der Waals surface area contributed by atoms with Crippen LogP contribution in [0.25, 0.3) is 22.3 Å². The maximum atomic E-state index is 6.49. The summed E-state index contributed by atoms with van der Waals surface area (Å²) in [4.78, 5) is 0. The fourth-order valence-corrected chi connectivity index (χ4v) is 5.94.